The quantitative estimate of drug-likeness (QED) is 0.448. The molecule has 2 heterocycles. The van der Waals surface area contributed by atoms with Crippen LogP contribution in [-0.2, 0) is 0 Å². The normalized spacial score (nSPS) is 49.6. The van der Waals surface area contributed by atoms with Crippen molar-refractivity contribution in [3.63, 3.8) is 0 Å². The van der Waals surface area contributed by atoms with Crippen molar-refractivity contribution in [3.8, 4) is 0 Å². The predicted octanol–water partition coefficient (Wildman–Crippen LogP) is -0.265. The summed E-state index contributed by atoms with van der Waals surface area (Å²) in [5, 5.41) is 6.89. The highest BCUT2D eigenvalue weighted by molar-refractivity contribution is 5.38. The standard InChI is InChI=1S/C8H12N2/c1-6-2-9-4-8(6)5-10-3-7(1)8/h1,6,9-10H,2-5H2/t6?,8-/m1/s1. The van der Waals surface area contributed by atoms with Gasteiger partial charge in [0, 0.05) is 37.5 Å². The molecule has 0 aromatic rings. The predicted molar refractivity (Wildman–Crippen MR) is 39.7 cm³/mol. The van der Waals surface area contributed by atoms with E-state index < -0.39 is 0 Å². The van der Waals surface area contributed by atoms with E-state index in [0.717, 1.165) is 12.5 Å². The Balaban J connectivity index is 2.06. The van der Waals surface area contributed by atoms with E-state index in [1.54, 1.807) is 5.57 Å². The van der Waals surface area contributed by atoms with Gasteiger partial charge in [-0.15, -0.1) is 0 Å². The van der Waals surface area contributed by atoms with Gasteiger partial charge in [-0.1, -0.05) is 11.6 Å². The molecular weight excluding hydrogens is 124 g/mol. The molecule has 2 heteroatoms. The zero-order chi connectivity index (χ0) is 6.60. The van der Waals surface area contributed by atoms with Gasteiger partial charge in [0.2, 0.25) is 0 Å². The maximum absolute atomic E-state index is 3.45. The first-order valence-electron chi connectivity index (χ1n) is 4.04. The molecule has 0 aromatic heterocycles. The maximum Gasteiger partial charge on any atom is 0.0249 e. The van der Waals surface area contributed by atoms with Gasteiger partial charge >= 0.3 is 0 Å². The fraction of sp³-hybridized carbons (Fsp3) is 0.750. The summed E-state index contributed by atoms with van der Waals surface area (Å²) < 4.78 is 0. The van der Waals surface area contributed by atoms with E-state index in [-0.39, 0.29) is 0 Å². The van der Waals surface area contributed by atoms with Crippen LogP contribution in [0.5, 0.6) is 0 Å². The lowest BCUT2D eigenvalue weighted by Gasteiger charge is -2.37. The van der Waals surface area contributed by atoms with Gasteiger partial charge in [-0.2, -0.15) is 0 Å². The van der Waals surface area contributed by atoms with E-state index in [1.165, 1.54) is 19.6 Å². The molecule has 2 saturated heterocycles. The molecule has 2 aliphatic heterocycles. The van der Waals surface area contributed by atoms with Crippen LogP contribution in [0.2, 0.25) is 0 Å². The molecule has 3 aliphatic rings. The summed E-state index contributed by atoms with van der Waals surface area (Å²) in [6, 6.07) is 0. The number of hydrogen-bond donors (Lipinski definition) is 2. The Kier molecular flexibility index (Phi) is 0.778. The fourth-order valence-electron chi connectivity index (χ4n) is 2.62. The molecule has 1 unspecified atom stereocenters. The summed E-state index contributed by atoms with van der Waals surface area (Å²) in [5.41, 5.74) is 2.25. The molecule has 54 valence electrons. The summed E-state index contributed by atoms with van der Waals surface area (Å²) in [4.78, 5) is 0. The van der Waals surface area contributed by atoms with Crippen LogP contribution in [-0.4, -0.2) is 26.2 Å². The number of nitrogens with one attached hydrogen (secondary N) is 2. The molecule has 1 spiro atoms. The first kappa shape index (κ1) is 5.33. The van der Waals surface area contributed by atoms with Crippen molar-refractivity contribution >= 4 is 0 Å². The van der Waals surface area contributed by atoms with Gasteiger partial charge in [-0.3, -0.25) is 0 Å². The summed E-state index contributed by atoms with van der Waals surface area (Å²) in [6.07, 6.45) is 2.44. The largest absolute Gasteiger partial charge is 0.315 e. The van der Waals surface area contributed by atoms with Crippen molar-refractivity contribution in [2.24, 2.45) is 11.3 Å². The van der Waals surface area contributed by atoms with Crippen molar-refractivity contribution in [1.29, 1.82) is 0 Å². The third kappa shape index (κ3) is 0.386. The highest BCUT2D eigenvalue weighted by atomic mass is 15.0. The lowest BCUT2D eigenvalue weighted by atomic mass is 9.65. The zero-order valence-electron chi connectivity index (χ0n) is 5.98. The van der Waals surface area contributed by atoms with Crippen LogP contribution in [0, 0.1) is 11.3 Å². The third-order valence-corrected chi connectivity index (χ3v) is 3.31. The lowest BCUT2D eigenvalue weighted by Crippen LogP contribution is -2.39. The molecule has 2 fully saturated rings. The van der Waals surface area contributed by atoms with Gasteiger partial charge in [0.05, 0.1) is 0 Å². The Morgan fingerprint density at radius 2 is 2.30 bits per heavy atom. The van der Waals surface area contributed by atoms with E-state index in [1.807, 2.05) is 0 Å². The second-order valence-corrected chi connectivity index (χ2v) is 3.69. The smallest absolute Gasteiger partial charge is 0.0249 e. The van der Waals surface area contributed by atoms with E-state index in [2.05, 4.69) is 16.7 Å². The Morgan fingerprint density at radius 3 is 3.10 bits per heavy atom. The minimum atomic E-state index is 0.583. The van der Waals surface area contributed by atoms with Crippen LogP contribution in [0.3, 0.4) is 0 Å². The molecule has 0 saturated carbocycles. The minimum absolute atomic E-state index is 0.583. The summed E-state index contributed by atoms with van der Waals surface area (Å²) in [6.45, 7) is 4.80. The van der Waals surface area contributed by atoms with Gasteiger partial charge in [0.15, 0.2) is 0 Å². The summed E-state index contributed by atoms with van der Waals surface area (Å²) in [7, 11) is 0. The molecule has 10 heavy (non-hydrogen) atoms. The van der Waals surface area contributed by atoms with E-state index >= 15 is 0 Å². The summed E-state index contributed by atoms with van der Waals surface area (Å²) >= 11 is 0. The van der Waals surface area contributed by atoms with E-state index in [4.69, 9.17) is 0 Å². The first-order valence-corrected chi connectivity index (χ1v) is 4.04. The second-order valence-electron chi connectivity index (χ2n) is 3.69. The molecule has 2 atom stereocenters. The van der Waals surface area contributed by atoms with Crippen molar-refractivity contribution in [2.75, 3.05) is 26.2 Å². The average Bonchev–Trinajstić information content (AvgIpc) is 2.41. The Hall–Kier alpha value is -0.340. The molecular formula is C8H12N2. The van der Waals surface area contributed by atoms with Crippen LogP contribution in [0.4, 0.5) is 0 Å². The zero-order valence-corrected chi connectivity index (χ0v) is 5.98. The summed E-state index contributed by atoms with van der Waals surface area (Å²) in [5.74, 6) is 0.859. The van der Waals surface area contributed by atoms with Crippen LogP contribution < -0.4 is 10.6 Å². The van der Waals surface area contributed by atoms with Crippen molar-refractivity contribution in [3.05, 3.63) is 11.6 Å². The highest BCUT2D eigenvalue weighted by Crippen LogP contribution is 2.50. The van der Waals surface area contributed by atoms with Crippen molar-refractivity contribution in [1.82, 2.24) is 10.6 Å². The molecule has 0 amide bonds. The topological polar surface area (TPSA) is 24.1 Å². The molecule has 0 radical (unpaired) electrons. The Labute approximate surface area is 60.7 Å². The van der Waals surface area contributed by atoms with Gasteiger partial charge in [0.25, 0.3) is 0 Å². The fourth-order valence-corrected chi connectivity index (χ4v) is 2.62. The van der Waals surface area contributed by atoms with E-state index in [9.17, 15) is 0 Å². The molecule has 0 bridgehead atoms. The highest BCUT2D eigenvalue weighted by Gasteiger charge is 2.53. The first-order chi connectivity index (χ1) is 4.92. The number of hydrogen-bond acceptors (Lipinski definition) is 2. The molecule has 1 aliphatic carbocycles. The third-order valence-electron chi connectivity index (χ3n) is 3.31. The SMILES string of the molecule is C1=C2CNC[C@@]23CNCC13. The lowest BCUT2D eigenvalue weighted by molar-refractivity contribution is 0.317. The minimum Gasteiger partial charge on any atom is -0.315 e. The van der Waals surface area contributed by atoms with Crippen molar-refractivity contribution in [2.45, 2.75) is 0 Å². The average molecular weight is 136 g/mol. The molecule has 2 nitrogen and oxygen atoms in total. The Bertz CT molecular complexity index is 205. The number of rotatable bonds is 0. The Morgan fingerprint density at radius 1 is 1.40 bits per heavy atom. The van der Waals surface area contributed by atoms with Gasteiger partial charge < -0.3 is 10.6 Å². The van der Waals surface area contributed by atoms with Gasteiger partial charge in [-0.25, -0.2) is 0 Å². The molecule has 0 aromatic carbocycles. The van der Waals surface area contributed by atoms with Crippen LogP contribution >= 0.6 is 0 Å². The molecule has 2 N–H and O–H groups in total. The van der Waals surface area contributed by atoms with Crippen molar-refractivity contribution < 1.29 is 0 Å². The van der Waals surface area contributed by atoms with E-state index in [0.29, 0.717) is 5.41 Å². The van der Waals surface area contributed by atoms with Gasteiger partial charge in [0.1, 0.15) is 0 Å². The second kappa shape index (κ2) is 1.46. The van der Waals surface area contributed by atoms with Crippen LogP contribution in [0.15, 0.2) is 11.6 Å². The maximum atomic E-state index is 3.45. The van der Waals surface area contributed by atoms with Gasteiger partial charge in [-0.05, 0) is 0 Å². The van der Waals surface area contributed by atoms with Crippen LogP contribution in [0.25, 0.3) is 0 Å². The monoisotopic (exact) mass is 136 g/mol. The van der Waals surface area contributed by atoms with Crippen LogP contribution in [0.1, 0.15) is 0 Å². The molecule has 3 rings (SSSR count).